The first kappa shape index (κ1) is 14.5. The van der Waals surface area contributed by atoms with Gasteiger partial charge >= 0.3 is 0 Å². The quantitative estimate of drug-likeness (QED) is 0.774. The van der Waals surface area contributed by atoms with Gasteiger partial charge in [-0.15, -0.1) is 11.6 Å². The third kappa shape index (κ3) is 3.96. The van der Waals surface area contributed by atoms with Gasteiger partial charge in [0.1, 0.15) is 5.82 Å². The third-order valence-electron chi connectivity index (χ3n) is 2.39. The molecule has 2 nitrogen and oxygen atoms in total. The molecule has 1 amide bonds. The summed E-state index contributed by atoms with van der Waals surface area (Å²) in [7, 11) is 1.64. The number of alkyl halides is 1. The van der Waals surface area contributed by atoms with Crippen LogP contribution in [0.2, 0.25) is 0 Å². The van der Waals surface area contributed by atoms with E-state index in [1.165, 1.54) is 11.0 Å². The highest BCUT2D eigenvalue weighted by Crippen LogP contribution is 2.19. The van der Waals surface area contributed by atoms with Crippen molar-refractivity contribution in [2.75, 3.05) is 13.6 Å². The number of nitrogens with zero attached hydrogens (tertiary/aromatic N) is 1. The lowest BCUT2D eigenvalue weighted by Crippen LogP contribution is -2.29. The van der Waals surface area contributed by atoms with Gasteiger partial charge in [-0.25, -0.2) is 4.39 Å². The van der Waals surface area contributed by atoms with Crippen LogP contribution in [0.3, 0.4) is 0 Å². The molecule has 0 radical (unpaired) electrons. The predicted molar refractivity (Wildman–Crippen MR) is 71.0 cm³/mol. The van der Waals surface area contributed by atoms with Gasteiger partial charge in [0.25, 0.3) is 5.91 Å². The van der Waals surface area contributed by atoms with Gasteiger partial charge in [-0.2, -0.15) is 0 Å². The van der Waals surface area contributed by atoms with Crippen molar-refractivity contribution in [1.82, 2.24) is 4.90 Å². The molecular formula is C12H14BrClFNO. The number of hydrogen-bond donors (Lipinski definition) is 0. The Labute approximate surface area is 114 Å². The van der Waals surface area contributed by atoms with Crippen molar-refractivity contribution in [2.24, 2.45) is 0 Å². The molecule has 5 heteroatoms. The van der Waals surface area contributed by atoms with E-state index in [1.54, 1.807) is 19.2 Å². The summed E-state index contributed by atoms with van der Waals surface area (Å²) in [6, 6.07) is 4.68. The summed E-state index contributed by atoms with van der Waals surface area (Å²) in [5.74, 6) is -0.857. The van der Waals surface area contributed by atoms with Gasteiger partial charge in [0.15, 0.2) is 0 Å². The summed E-state index contributed by atoms with van der Waals surface area (Å²) in [4.78, 5) is 13.4. The van der Waals surface area contributed by atoms with E-state index in [0.29, 0.717) is 17.4 Å². The van der Waals surface area contributed by atoms with Crippen molar-refractivity contribution in [1.29, 1.82) is 0 Å². The second-order valence-electron chi connectivity index (χ2n) is 3.90. The lowest BCUT2D eigenvalue weighted by Gasteiger charge is -2.18. The molecule has 94 valence electrons. The summed E-state index contributed by atoms with van der Waals surface area (Å²) in [5, 5.41) is -0.00222. The van der Waals surface area contributed by atoms with Crippen LogP contribution in [0.25, 0.3) is 0 Å². The number of amides is 1. The standard InChI is InChI=1S/C12H14BrClFNO/c1-8(14)6-7-16(2)12(17)9-4-3-5-10(13)11(9)15/h3-5,8H,6-7H2,1-2H3. The Morgan fingerprint density at radius 2 is 2.24 bits per heavy atom. The van der Waals surface area contributed by atoms with Crippen LogP contribution in [0.5, 0.6) is 0 Å². The van der Waals surface area contributed by atoms with Crippen LogP contribution in [0.15, 0.2) is 22.7 Å². The van der Waals surface area contributed by atoms with E-state index in [1.807, 2.05) is 6.92 Å². The monoisotopic (exact) mass is 321 g/mol. The first-order chi connectivity index (χ1) is 7.93. The average Bonchev–Trinajstić information content (AvgIpc) is 2.28. The Hall–Kier alpha value is -0.610. The lowest BCUT2D eigenvalue weighted by atomic mass is 10.2. The molecule has 0 spiro atoms. The summed E-state index contributed by atoms with van der Waals surface area (Å²) in [5.41, 5.74) is 0.0732. The zero-order valence-electron chi connectivity index (χ0n) is 9.71. The van der Waals surface area contributed by atoms with Crippen LogP contribution in [0.4, 0.5) is 4.39 Å². The number of halogens is 3. The molecule has 17 heavy (non-hydrogen) atoms. The molecule has 0 aliphatic heterocycles. The number of benzene rings is 1. The van der Waals surface area contributed by atoms with Gasteiger partial charge in [0.05, 0.1) is 10.0 Å². The minimum absolute atomic E-state index is 0.00222. The van der Waals surface area contributed by atoms with E-state index >= 15 is 0 Å². The fourth-order valence-electron chi connectivity index (χ4n) is 1.35. The van der Waals surface area contributed by atoms with Crippen LogP contribution < -0.4 is 0 Å². The number of rotatable bonds is 4. The predicted octanol–water partition coefficient (Wildman–Crippen LogP) is 3.68. The number of carbonyl (C=O) groups excluding carboxylic acids is 1. The zero-order valence-corrected chi connectivity index (χ0v) is 12.1. The molecule has 0 aliphatic carbocycles. The smallest absolute Gasteiger partial charge is 0.256 e. The van der Waals surface area contributed by atoms with Crippen LogP contribution in [0.1, 0.15) is 23.7 Å². The van der Waals surface area contributed by atoms with Gasteiger partial charge < -0.3 is 4.90 Å². The third-order valence-corrected chi connectivity index (χ3v) is 3.22. The molecule has 1 aromatic carbocycles. The highest BCUT2D eigenvalue weighted by molar-refractivity contribution is 9.10. The molecule has 1 atom stereocenters. The fraction of sp³-hybridized carbons (Fsp3) is 0.417. The molecule has 0 aromatic heterocycles. The Morgan fingerprint density at radius 1 is 1.59 bits per heavy atom. The first-order valence-electron chi connectivity index (χ1n) is 5.27. The van der Waals surface area contributed by atoms with Crippen LogP contribution >= 0.6 is 27.5 Å². The maximum absolute atomic E-state index is 13.7. The molecule has 0 fully saturated rings. The average molecular weight is 323 g/mol. The van der Waals surface area contributed by atoms with Crippen LogP contribution in [0, 0.1) is 5.82 Å². The summed E-state index contributed by atoms with van der Waals surface area (Å²) in [6.07, 6.45) is 0.680. The first-order valence-corrected chi connectivity index (χ1v) is 6.50. The Bertz CT molecular complexity index is 411. The summed E-state index contributed by atoms with van der Waals surface area (Å²) < 4.78 is 14.0. The number of hydrogen-bond acceptors (Lipinski definition) is 1. The maximum Gasteiger partial charge on any atom is 0.256 e. The molecule has 0 aliphatic rings. The summed E-state index contributed by atoms with van der Waals surface area (Å²) >= 11 is 8.87. The summed E-state index contributed by atoms with van der Waals surface area (Å²) in [6.45, 7) is 2.37. The second kappa shape index (κ2) is 6.36. The van der Waals surface area contributed by atoms with Gasteiger partial charge in [-0.1, -0.05) is 6.07 Å². The molecule has 0 saturated heterocycles. The topological polar surface area (TPSA) is 20.3 Å². The maximum atomic E-state index is 13.7. The van der Waals surface area contributed by atoms with Crippen LogP contribution in [-0.2, 0) is 0 Å². The molecule has 0 N–H and O–H groups in total. The van der Waals surface area contributed by atoms with Crippen molar-refractivity contribution in [2.45, 2.75) is 18.7 Å². The Kier molecular flexibility index (Phi) is 5.40. The van der Waals surface area contributed by atoms with E-state index in [9.17, 15) is 9.18 Å². The SMILES string of the molecule is CC(Cl)CCN(C)C(=O)c1cccc(Br)c1F. The minimum Gasteiger partial charge on any atom is -0.342 e. The molecule has 0 saturated carbocycles. The fourth-order valence-corrected chi connectivity index (χ4v) is 1.81. The van der Waals surface area contributed by atoms with E-state index in [0.717, 1.165) is 0 Å². The van der Waals surface area contributed by atoms with E-state index in [4.69, 9.17) is 11.6 Å². The molecule has 1 aromatic rings. The van der Waals surface area contributed by atoms with Crippen molar-refractivity contribution < 1.29 is 9.18 Å². The number of carbonyl (C=O) groups is 1. The van der Waals surface area contributed by atoms with Crippen molar-refractivity contribution in [3.05, 3.63) is 34.1 Å². The van der Waals surface area contributed by atoms with Gasteiger partial charge in [0, 0.05) is 19.0 Å². The van der Waals surface area contributed by atoms with Crippen molar-refractivity contribution in [3.63, 3.8) is 0 Å². The second-order valence-corrected chi connectivity index (χ2v) is 5.50. The van der Waals surface area contributed by atoms with Gasteiger partial charge in [-0.05, 0) is 41.4 Å². The van der Waals surface area contributed by atoms with E-state index in [2.05, 4.69) is 15.9 Å². The minimum atomic E-state index is -0.525. The molecule has 1 unspecified atom stereocenters. The van der Waals surface area contributed by atoms with Gasteiger partial charge in [-0.3, -0.25) is 4.79 Å². The molecule has 1 rings (SSSR count). The van der Waals surface area contributed by atoms with Crippen molar-refractivity contribution in [3.8, 4) is 0 Å². The highest BCUT2D eigenvalue weighted by atomic mass is 79.9. The zero-order chi connectivity index (χ0) is 13.0. The molecule has 0 heterocycles. The largest absolute Gasteiger partial charge is 0.342 e. The highest BCUT2D eigenvalue weighted by Gasteiger charge is 2.17. The normalized spacial score (nSPS) is 12.3. The van der Waals surface area contributed by atoms with E-state index < -0.39 is 5.82 Å². The van der Waals surface area contributed by atoms with E-state index in [-0.39, 0.29) is 16.8 Å². The lowest BCUT2D eigenvalue weighted by molar-refractivity contribution is 0.0789. The Balaban J connectivity index is 2.78. The Morgan fingerprint density at radius 3 is 2.82 bits per heavy atom. The molecular weight excluding hydrogens is 308 g/mol. The van der Waals surface area contributed by atoms with Crippen molar-refractivity contribution >= 4 is 33.4 Å². The van der Waals surface area contributed by atoms with Gasteiger partial charge in [0.2, 0.25) is 0 Å². The molecule has 0 bridgehead atoms. The van der Waals surface area contributed by atoms with Crippen LogP contribution in [-0.4, -0.2) is 29.8 Å².